The van der Waals surface area contributed by atoms with E-state index >= 15 is 0 Å². The second kappa shape index (κ2) is 9.97. The zero-order valence-electron chi connectivity index (χ0n) is 16.0. The van der Waals surface area contributed by atoms with Gasteiger partial charge in [-0.1, -0.05) is 51.5 Å². The first kappa shape index (κ1) is 19.2. The third-order valence-electron chi connectivity index (χ3n) is 4.11. The van der Waals surface area contributed by atoms with Gasteiger partial charge in [0.2, 0.25) is 0 Å². The van der Waals surface area contributed by atoms with Crippen molar-refractivity contribution in [3.63, 3.8) is 0 Å². The van der Waals surface area contributed by atoms with Crippen LogP contribution in [0.3, 0.4) is 0 Å². The molecule has 25 heavy (non-hydrogen) atoms. The number of para-hydroxylation sites is 2. The number of nitrogens with one attached hydrogen (secondary N) is 1. The molecule has 2 rings (SSSR count). The van der Waals surface area contributed by atoms with Crippen molar-refractivity contribution in [2.75, 3.05) is 25.1 Å². The van der Waals surface area contributed by atoms with Crippen molar-refractivity contribution in [3.05, 3.63) is 53.6 Å². The molecule has 0 aliphatic carbocycles. The lowest BCUT2D eigenvalue weighted by atomic mass is 10.0. The van der Waals surface area contributed by atoms with Crippen molar-refractivity contribution in [1.82, 2.24) is 0 Å². The SMILES string of the molecule is CCCCOc1ccccc1NCCOc1cc(C)ccc1C(C)C. The minimum Gasteiger partial charge on any atom is -0.491 e. The Kier molecular flexibility index (Phi) is 7.65. The fraction of sp³-hybridized carbons (Fsp3) is 0.455. The Bertz CT molecular complexity index is 652. The predicted molar refractivity (Wildman–Crippen MR) is 106 cm³/mol. The fourth-order valence-electron chi connectivity index (χ4n) is 2.66. The highest BCUT2D eigenvalue weighted by atomic mass is 16.5. The largest absolute Gasteiger partial charge is 0.491 e. The van der Waals surface area contributed by atoms with E-state index in [1.54, 1.807) is 0 Å². The molecule has 0 unspecified atom stereocenters. The molecule has 0 heterocycles. The first-order chi connectivity index (χ1) is 12.1. The number of rotatable bonds is 10. The topological polar surface area (TPSA) is 30.5 Å². The minimum atomic E-state index is 0.455. The van der Waals surface area contributed by atoms with Gasteiger partial charge in [0.1, 0.15) is 18.1 Å². The summed E-state index contributed by atoms with van der Waals surface area (Å²) < 4.78 is 11.9. The van der Waals surface area contributed by atoms with E-state index in [2.05, 4.69) is 51.2 Å². The van der Waals surface area contributed by atoms with Crippen LogP contribution in [0.15, 0.2) is 42.5 Å². The van der Waals surface area contributed by atoms with E-state index in [9.17, 15) is 0 Å². The molecule has 0 aromatic heterocycles. The molecule has 0 radical (unpaired) electrons. The van der Waals surface area contributed by atoms with Gasteiger partial charge < -0.3 is 14.8 Å². The highest BCUT2D eigenvalue weighted by molar-refractivity contribution is 5.56. The summed E-state index contributed by atoms with van der Waals surface area (Å²) in [5, 5.41) is 3.42. The summed E-state index contributed by atoms with van der Waals surface area (Å²) >= 11 is 0. The third-order valence-corrected chi connectivity index (χ3v) is 4.11. The van der Waals surface area contributed by atoms with E-state index in [1.807, 2.05) is 24.3 Å². The summed E-state index contributed by atoms with van der Waals surface area (Å²) in [4.78, 5) is 0. The van der Waals surface area contributed by atoms with Crippen LogP contribution < -0.4 is 14.8 Å². The number of unbranched alkanes of at least 4 members (excludes halogenated alkanes) is 1. The zero-order chi connectivity index (χ0) is 18.1. The number of hydrogen-bond donors (Lipinski definition) is 1. The normalized spacial score (nSPS) is 10.8. The second-order valence-electron chi connectivity index (χ2n) is 6.67. The molecular formula is C22H31NO2. The van der Waals surface area contributed by atoms with Crippen LogP contribution in [-0.2, 0) is 0 Å². The summed E-state index contributed by atoms with van der Waals surface area (Å²) in [6, 6.07) is 14.5. The molecule has 0 atom stereocenters. The van der Waals surface area contributed by atoms with E-state index in [-0.39, 0.29) is 0 Å². The quantitative estimate of drug-likeness (QED) is 0.555. The van der Waals surface area contributed by atoms with Crippen LogP contribution in [-0.4, -0.2) is 19.8 Å². The van der Waals surface area contributed by atoms with Crippen molar-refractivity contribution in [2.24, 2.45) is 0 Å². The molecule has 3 heteroatoms. The standard InChI is InChI=1S/C22H31NO2/c1-5-6-14-24-21-10-8-7-9-20(21)23-13-15-25-22-16-18(4)11-12-19(22)17(2)3/h7-12,16-17,23H,5-6,13-15H2,1-4H3. The van der Waals surface area contributed by atoms with E-state index in [1.165, 1.54) is 11.1 Å². The first-order valence-electron chi connectivity index (χ1n) is 9.31. The highest BCUT2D eigenvalue weighted by Crippen LogP contribution is 2.28. The first-order valence-corrected chi connectivity index (χ1v) is 9.31. The number of hydrogen-bond acceptors (Lipinski definition) is 3. The molecule has 2 aromatic rings. The van der Waals surface area contributed by atoms with Gasteiger partial charge in [-0.05, 0) is 48.6 Å². The van der Waals surface area contributed by atoms with E-state index in [0.29, 0.717) is 12.5 Å². The maximum absolute atomic E-state index is 6.04. The lowest BCUT2D eigenvalue weighted by molar-refractivity contribution is 0.309. The molecule has 0 bridgehead atoms. The average Bonchev–Trinajstić information content (AvgIpc) is 2.60. The van der Waals surface area contributed by atoms with Gasteiger partial charge in [0.25, 0.3) is 0 Å². The van der Waals surface area contributed by atoms with E-state index < -0.39 is 0 Å². The van der Waals surface area contributed by atoms with E-state index in [4.69, 9.17) is 9.47 Å². The van der Waals surface area contributed by atoms with Gasteiger partial charge in [-0.3, -0.25) is 0 Å². The van der Waals surface area contributed by atoms with Gasteiger partial charge in [0.15, 0.2) is 0 Å². The molecule has 2 aromatic carbocycles. The van der Waals surface area contributed by atoms with Crippen molar-refractivity contribution >= 4 is 5.69 Å². The Morgan fingerprint density at radius 3 is 2.48 bits per heavy atom. The molecule has 1 N–H and O–H groups in total. The number of ether oxygens (including phenoxy) is 2. The summed E-state index contributed by atoms with van der Waals surface area (Å²) in [6.07, 6.45) is 2.21. The fourth-order valence-corrected chi connectivity index (χ4v) is 2.66. The smallest absolute Gasteiger partial charge is 0.142 e. The van der Waals surface area contributed by atoms with Gasteiger partial charge in [-0.15, -0.1) is 0 Å². The summed E-state index contributed by atoms with van der Waals surface area (Å²) in [5.74, 6) is 2.36. The third kappa shape index (κ3) is 6.00. The van der Waals surface area contributed by atoms with Crippen LogP contribution in [0.1, 0.15) is 50.7 Å². The molecule has 0 spiro atoms. The molecule has 0 saturated heterocycles. The maximum atomic E-state index is 6.04. The van der Waals surface area contributed by atoms with E-state index in [0.717, 1.165) is 43.2 Å². The predicted octanol–water partition coefficient (Wildman–Crippen LogP) is 5.79. The Labute approximate surface area is 152 Å². The summed E-state index contributed by atoms with van der Waals surface area (Å²) in [5.41, 5.74) is 3.51. The second-order valence-corrected chi connectivity index (χ2v) is 6.67. The molecule has 0 amide bonds. The molecule has 0 aliphatic heterocycles. The Morgan fingerprint density at radius 2 is 1.72 bits per heavy atom. The van der Waals surface area contributed by atoms with Crippen LogP contribution in [0.2, 0.25) is 0 Å². The van der Waals surface area contributed by atoms with Gasteiger partial charge in [-0.2, -0.15) is 0 Å². The van der Waals surface area contributed by atoms with Gasteiger partial charge >= 0.3 is 0 Å². The summed E-state index contributed by atoms with van der Waals surface area (Å²) in [7, 11) is 0. The molecular weight excluding hydrogens is 310 g/mol. The van der Waals surface area contributed by atoms with Crippen LogP contribution in [0.25, 0.3) is 0 Å². The molecule has 0 aliphatic rings. The Morgan fingerprint density at radius 1 is 0.960 bits per heavy atom. The lowest BCUT2D eigenvalue weighted by Gasteiger charge is -2.16. The van der Waals surface area contributed by atoms with Crippen LogP contribution >= 0.6 is 0 Å². The monoisotopic (exact) mass is 341 g/mol. The molecule has 0 saturated carbocycles. The Hall–Kier alpha value is -2.16. The number of aryl methyl sites for hydroxylation is 1. The lowest BCUT2D eigenvalue weighted by Crippen LogP contribution is -2.13. The van der Waals surface area contributed by atoms with Crippen LogP contribution in [0.5, 0.6) is 11.5 Å². The molecule has 136 valence electrons. The van der Waals surface area contributed by atoms with Gasteiger partial charge in [0.05, 0.1) is 12.3 Å². The van der Waals surface area contributed by atoms with Crippen molar-refractivity contribution in [2.45, 2.75) is 46.5 Å². The maximum Gasteiger partial charge on any atom is 0.142 e. The molecule has 0 fully saturated rings. The van der Waals surface area contributed by atoms with Crippen LogP contribution in [0.4, 0.5) is 5.69 Å². The van der Waals surface area contributed by atoms with Crippen molar-refractivity contribution in [3.8, 4) is 11.5 Å². The highest BCUT2D eigenvalue weighted by Gasteiger charge is 2.08. The van der Waals surface area contributed by atoms with Crippen molar-refractivity contribution < 1.29 is 9.47 Å². The molecule has 3 nitrogen and oxygen atoms in total. The number of anilines is 1. The van der Waals surface area contributed by atoms with Gasteiger partial charge in [0, 0.05) is 6.54 Å². The average molecular weight is 341 g/mol. The summed E-state index contributed by atoms with van der Waals surface area (Å²) in [6.45, 7) is 10.8. The van der Waals surface area contributed by atoms with Crippen molar-refractivity contribution in [1.29, 1.82) is 0 Å². The minimum absolute atomic E-state index is 0.455. The Balaban J connectivity index is 1.89. The number of benzene rings is 2. The van der Waals surface area contributed by atoms with Crippen LogP contribution in [0, 0.1) is 6.92 Å². The van der Waals surface area contributed by atoms with Gasteiger partial charge in [-0.25, -0.2) is 0 Å². The zero-order valence-corrected chi connectivity index (χ0v) is 16.0.